The highest BCUT2D eigenvalue weighted by molar-refractivity contribution is 7.14. The summed E-state index contributed by atoms with van der Waals surface area (Å²) in [6, 6.07) is 2.05. The summed E-state index contributed by atoms with van der Waals surface area (Å²) < 4.78 is 0. The molecule has 0 aliphatic carbocycles. The molecule has 0 saturated carbocycles. The second-order valence-corrected chi connectivity index (χ2v) is 4.81. The summed E-state index contributed by atoms with van der Waals surface area (Å²) in [6.45, 7) is 1.95. The molecule has 1 aromatic rings. The molecule has 1 saturated heterocycles. The van der Waals surface area contributed by atoms with E-state index in [1.54, 1.807) is 12.3 Å². The van der Waals surface area contributed by atoms with Gasteiger partial charge in [0.05, 0.1) is 11.5 Å². The van der Waals surface area contributed by atoms with Crippen molar-refractivity contribution in [2.75, 3.05) is 11.4 Å². The van der Waals surface area contributed by atoms with Crippen molar-refractivity contribution in [3.63, 3.8) is 0 Å². The first-order valence-corrected chi connectivity index (χ1v) is 5.94. The molecule has 88 valence electrons. The molecule has 1 aliphatic heterocycles. The molecule has 0 bridgehead atoms. The number of carbonyl (C=O) groups is 2. The van der Waals surface area contributed by atoms with Gasteiger partial charge in [-0.2, -0.15) is 5.26 Å². The maximum atomic E-state index is 11.7. The number of aliphatic carboxylic acids is 1. The standard InChI is InChI=1S/C11H10N2O3S/c1-6-5-17-10(8(6)3-12)13-4-7(11(15)16)2-9(13)14/h5,7H,2,4H2,1H3,(H,15,16). The van der Waals surface area contributed by atoms with E-state index in [1.165, 1.54) is 16.2 Å². The Balaban J connectivity index is 2.33. The van der Waals surface area contributed by atoms with Crippen LogP contribution in [0.2, 0.25) is 0 Å². The van der Waals surface area contributed by atoms with E-state index in [-0.39, 0.29) is 18.9 Å². The molecule has 17 heavy (non-hydrogen) atoms. The van der Waals surface area contributed by atoms with Crippen molar-refractivity contribution in [2.45, 2.75) is 13.3 Å². The average Bonchev–Trinajstić information content (AvgIpc) is 2.81. The van der Waals surface area contributed by atoms with Gasteiger partial charge in [-0.3, -0.25) is 9.59 Å². The first kappa shape index (κ1) is 11.6. The van der Waals surface area contributed by atoms with E-state index in [4.69, 9.17) is 10.4 Å². The zero-order chi connectivity index (χ0) is 12.6. The highest BCUT2D eigenvalue weighted by Crippen LogP contribution is 2.34. The average molecular weight is 250 g/mol. The Labute approximate surface area is 102 Å². The SMILES string of the molecule is Cc1csc(N2CC(C(=O)O)CC2=O)c1C#N. The molecule has 1 aliphatic rings. The molecule has 0 radical (unpaired) electrons. The third kappa shape index (κ3) is 1.89. The van der Waals surface area contributed by atoms with E-state index >= 15 is 0 Å². The Morgan fingerprint density at radius 2 is 2.41 bits per heavy atom. The second-order valence-electron chi connectivity index (χ2n) is 3.95. The number of hydrogen-bond donors (Lipinski definition) is 1. The zero-order valence-corrected chi connectivity index (χ0v) is 9.95. The van der Waals surface area contributed by atoms with Crippen LogP contribution in [0.4, 0.5) is 5.00 Å². The van der Waals surface area contributed by atoms with Crippen LogP contribution in [0.15, 0.2) is 5.38 Å². The molecule has 2 rings (SSSR count). The number of carboxylic acid groups (broad SMARTS) is 1. The van der Waals surface area contributed by atoms with Gasteiger partial charge in [0.25, 0.3) is 0 Å². The van der Waals surface area contributed by atoms with E-state index in [0.29, 0.717) is 10.6 Å². The van der Waals surface area contributed by atoms with Crippen LogP contribution in [0.1, 0.15) is 17.5 Å². The molecule has 5 nitrogen and oxygen atoms in total. The minimum absolute atomic E-state index is 0.0111. The lowest BCUT2D eigenvalue weighted by Gasteiger charge is -2.14. The fourth-order valence-electron chi connectivity index (χ4n) is 1.83. The Morgan fingerprint density at radius 1 is 1.71 bits per heavy atom. The number of anilines is 1. The molecule has 0 aromatic carbocycles. The first-order valence-electron chi connectivity index (χ1n) is 5.06. The number of nitriles is 1. The van der Waals surface area contributed by atoms with Crippen LogP contribution in [-0.2, 0) is 9.59 Å². The Bertz CT molecular complexity index is 529. The van der Waals surface area contributed by atoms with Crippen LogP contribution in [0.25, 0.3) is 0 Å². The Morgan fingerprint density at radius 3 is 2.94 bits per heavy atom. The van der Waals surface area contributed by atoms with E-state index in [9.17, 15) is 9.59 Å². The number of amides is 1. The van der Waals surface area contributed by atoms with Crippen molar-refractivity contribution in [1.82, 2.24) is 0 Å². The molecule has 0 spiro atoms. The molecule has 1 atom stereocenters. The van der Waals surface area contributed by atoms with E-state index < -0.39 is 11.9 Å². The third-order valence-corrected chi connectivity index (χ3v) is 3.91. The maximum Gasteiger partial charge on any atom is 0.308 e. The minimum Gasteiger partial charge on any atom is -0.481 e. The largest absolute Gasteiger partial charge is 0.481 e. The van der Waals surface area contributed by atoms with E-state index in [0.717, 1.165) is 5.56 Å². The quantitative estimate of drug-likeness (QED) is 0.859. The van der Waals surface area contributed by atoms with Gasteiger partial charge < -0.3 is 10.0 Å². The lowest BCUT2D eigenvalue weighted by Crippen LogP contribution is -2.25. The summed E-state index contributed by atoms with van der Waals surface area (Å²) in [4.78, 5) is 24.0. The van der Waals surface area contributed by atoms with Crippen LogP contribution >= 0.6 is 11.3 Å². The molecule has 1 aromatic heterocycles. The van der Waals surface area contributed by atoms with Crippen LogP contribution in [-0.4, -0.2) is 23.5 Å². The van der Waals surface area contributed by atoms with Gasteiger partial charge in [-0.15, -0.1) is 11.3 Å². The van der Waals surface area contributed by atoms with Crippen LogP contribution in [0, 0.1) is 24.2 Å². The first-order chi connectivity index (χ1) is 8.04. The third-order valence-electron chi connectivity index (χ3n) is 2.79. The number of thiophene rings is 1. The van der Waals surface area contributed by atoms with Crippen molar-refractivity contribution < 1.29 is 14.7 Å². The normalized spacial score (nSPS) is 19.4. The van der Waals surface area contributed by atoms with Gasteiger partial charge in [-0.05, 0) is 17.9 Å². The van der Waals surface area contributed by atoms with Crippen LogP contribution in [0.5, 0.6) is 0 Å². The predicted molar refractivity (Wildman–Crippen MR) is 61.9 cm³/mol. The van der Waals surface area contributed by atoms with Gasteiger partial charge in [-0.25, -0.2) is 0 Å². The molecule has 1 N–H and O–H groups in total. The molecule has 1 amide bonds. The van der Waals surface area contributed by atoms with Crippen molar-refractivity contribution in [3.05, 3.63) is 16.5 Å². The second kappa shape index (κ2) is 4.18. The monoisotopic (exact) mass is 250 g/mol. The minimum atomic E-state index is -0.965. The fraction of sp³-hybridized carbons (Fsp3) is 0.364. The number of hydrogen-bond acceptors (Lipinski definition) is 4. The van der Waals surface area contributed by atoms with Gasteiger partial charge in [0.15, 0.2) is 0 Å². The maximum absolute atomic E-state index is 11.7. The van der Waals surface area contributed by atoms with Crippen molar-refractivity contribution >= 4 is 28.2 Å². The molecule has 2 heterocycles. The number of rotatable bonds is 2. The van der Waals surface area contributed by atoms with Crippen molar-refractivity contribution in [2.24, 2.45) is 5.92 Å². The molecular weight excluding hydrogens is 240 g/mol. The fourth-order valence-corrected chi connectivity index (χ4v) is 2.87. The van der Waals surface area contributed by atoms with E-state index in [2.05, 4.69) is 6.07 Å². The number of carboxylic acids is 1. The summed E-state index contributed by atoms with van der Waals surface area (Å²) in [5, 5.41) is 20.3. The van der Waals surface area contributed by atoms with Crippen LogP contribution < -0.4 is 4.90 Å². The Kier molecular flexibility index (Phi) is 2.86. The van der Waals surface area contributed by atoms with Gasteiger partial charge in [0.1, 0.15) is 11.1 Å². The van der Waals surface area contributed by atoms with Crippen molar-refractivity contribution in [3.8, 4) is 6.07 Å². The van der Waals surface area contributed by atoms with E-state index in [1.807, 2.05) is 0 Å². The summed E-state index contributed by atoms with van der Waals surface area (Å²) in [5.41, 5.74) is 1.29. The topological polar surface area (TPSA) is 81.4 Å². The van der Waals surface area contributed by atoms with Crippen LogP contribution in [0.3, 0.4) is 0 Å². The lowest BCUT2D eigenvalue weighted by atomic mass is 10.1. The van der Waals surface area contributed by atoms with Gasteiger partial charge >= 0.3 is 5.97 Å². The molecule has 1 unspecified atom stereocenters. The molecule has 6 heteroatoms. The summed E-state index contributed by atoms with van der Waals surface area (Å²) in [7, 11) is 0. The molecular formula is C11H10N2O3S. The summed E-state index contributed by atoms with van der Waals surface area (Å²) >= 11 is 1.31. The predicted octanol–water partition coefficient (Wildman–Crippen LogP) is 1.37. The van der Waals surface area contributed by atoms with Gasteiger partial charge in [0.2, 0.25) is 5.91 Å². The lowest BCUT2D eigenvalue weighted by molar-refractivity contribution is -0.141. The van der Waals surface area contributed by atoms with Crippen molar-refractivity contribution in [1.29, 1.82) is 5.26 Å². The van der Waals surface area contributed by atoms with Gasteiger partial charge in [0, 0.05) is 13.0 Å². The summed E-state index contributed by atoms with van der Waals surface area (Å²) in [5.74, 6) is -1.86. The zero-order valence-electron chi connectivity index (χ0n) is 9.14. The number of carbonyl (C=O) groups excluding carboxylic acids is 1. The molecule has 1 fully saturated rings. The highest BCUT2D eigenvalue weighted by Gasteiger charge is 2.36. The number of aryl methyl sites for hydroxylation is 1. The van der Waals surface area contributed by atoms with Gasteiger partial charge in [-0.1, -0.05) is 0 Å². The highest BCUT2D eigenvalue weighted by atomic mass is 32.1. The smallest absolute Gasteiger partial charge is 0.308 e. The Hall–Kier alpha value is -1.87. The number of nitrogens with zero attached hydrogens (tertiary/aromatic N) is 2. The summed E-state index contributed by atoms with van der Waals surface area (Å²) in [6.07, 6.45) is 0.0111.